The summed E-state index contributed by atoms with van der Waals surface area (Å²) in [6.07, 6.45) is 5.22. The van der Waals surface area contributed by atoms with Crippen molar-refractivity contribution in [1.29, 1.82) is 0 Å². The van der Waals surface area contributed by atoms with Crippen molar-refractivity contribution in [3.8, 4) is 5.88 Å². The number of carbonyl (C=O) groups excluding carboxylic acids is 1. The molecule has 0 aromatic carbocycles. The zero-order valence-corrected chi connectivity index (χ0v) is 13.0. The number of hydrogen-bond acceptors (Lipinski definition) is 5. The van der Waals surface area contributed by atoms with E-state index in [0.29, 0.717) is 18.0 Å². The minimum atomic E-state index is -0.191. The Bertz CT molecular complexity index is 645. The fourth-order valence-corrected chi connectivity index (χ4v) is 2.87. The van der Waals surface area contributed by atoms with E-state index in [-0.39, 0.29) is 17.9 Å². The summed E-state index contributed by atoms with van der Waals surface area (Å²) in [5.41, 5.74) is 1.38. The van der Waals surface area contributed by atoms with E-state index in [1.807, 2.05) is 6.07 Å². The molecule has 1 saturated heterocycles. The van der Waals surface area contributed by atoms with Crippen molar-refractivity contribution in [2.45, 2.75) is 18.9 Å². The van der Waals surface area contributed by atoms with Gasteiger partial charge in [-0.15, -0.1) is 0 Å². The van der Waals surface area contributed by atoms with Gasteiger partial charge in [-0.2, -0.15) is 5.10 Å². The van der Waals surface area contributed by atoms with Gasteiger partial charge in [0.15, 0.2) is 0 Å². The Hall–Kier alpha value is -2.41. The number of nitrogens with one attached hydrogen (secondary N) is 2. The maximum absolute atomic E-state index is 12.4. The monoisotopic (exact) mass is 316 g/mol. The molecule has 1 fully saturated rings. The van der Waals surface area contributed by atoms with Gasteiger partial charge in [0.2, 0.25) is 5.88 Å². The summed E-state index contributed by atoms with van der Waals surface area (Å²) >= 11 is 0. The Kier molecular flexibility index (Phi) is 4.87. The van der Waals surface area contributed by atoms with E-state index in [2.05, 4.69) is 20.5 Å². The van der Waals surface area contributed by atoms with Gasteiger partial charge in [0.25, 0.3) is 5.91 Å². The molecule has 2 atom stereocenters. The lowest BCUT2D eigenvalue weighted by Crippen LogP contribution is -2.35. The molecule has 7 heteroatoms. The number of aromatic nitrogens is 3. The van der Waals surface area contributed by atoms with Crippen molar-refractivity contribution >= 4 is 5.91 Å². The van der Waals surface area contributed by atoms with E-state index in [1.54, 1.807) is 24.5 Å². The molecule has 3 rings (SSSR count). The topological polar surface area (TPSA) is 89.1 Å². The number of ether oxygens (including phenoxy) is 2. The molecule has 23 heavy (non-hydrogen) atoms. The lowest BCUT2D eigenvalue weighted by Gasteiger charge is -2.31. The third-order valence-electron chi connectivity index (χ3n) is 4.01. The number of amides is 1. The van der Waals surface area contributed by atoms with E-state index < -0.39 is 0 Å². The first kappa shape index (κ1) is 15.5. The second-order valence-corrected chi connectivity index (χ2v) is 5.48. The fraction of sp³-hybridized carbons (Fsp3) is 0.438. The average molecular weight is 316 g/mol. The Morgan fingerprint density at radius 1 is 1.48 bits per heavy atom. The molecule has 2 N–H and O–H groups in total. The SMILES string of the molecule is COc1ncccc1C(=O)NC[C@@H]1CCCO[C@H]1c1ccn[nH]1. The van der Waals surface area contributed by atoms with Crippen LogP contribution in [0.3, 0.4) is 0 Å². The van der Waals surface area contributed by atoms with Gasteiger partial charge in [-0.05, 0) is 31.0 Å². The number of carbonyl (C=O) groups is 1. The normalized spacial score (nSPS) is 20.9. The summed E-state index contributed by atoms with van der Waals surface area (Å²) in [6, 6.07) is 5.33. The van der Waals surface area contributed by atoms with Gasteiger partial charge in [0.05, 0.1) is 12.8 Å². The van der Waals surface area contributed by atoms with Crippen LogP contribution in [-0.2, 0) is 4.74 Å². The molecule has 3 heterocycles. The van der Waals surface area contributed by atoms with Gasteiger partial charge >= 0.3 is 0 Å². The van der Waals surface area contributed by atoms with Crippen molar-refractivity contribution in [3.63, 3.8) is 0 Å². The van der Waals surface area contributed by atoms with Crippen molar-refractivity contribution in [2.24, 2.45) is 5.92 Å². The quantitative estimate of drug-likeness (QED) is 0.876. The highest BCUT2D eigenvalue weighted by atomic mass is 16.5. The smallest absolute Gasteiger partial charge is 0.256 e. The highest BCUT2D eigenvalue weighted by molar-refractivity contribution is 5.96. The largest absolute Gasteiger partial charge is 0.480 e. The molecule has 2 aromatic heterocycles. The second-order valence-electron chi connectivity index (χ2n) is 5.48. The first-order valence-corrected chi connectivity index (χ1v) is 7.67. The van der Waals surface area contributed by atoms with E-state index in [4.69, 9.17) is 9.47 Å². The third-order valence-corrected chi connectivity index (χ3v) is 4.01. The average Bonchev–Trinajstić information content (AvgIpc) is 3.14. The lowest BCUT2D eigenvalue weighted by atomic mass is 9.92. The van der Waals surface area contributed by atoms with Crippen molar-refractivity contribution < 1.29 is 14.3 Å². The molecule has 0 radical (unpaired) electrons. The first-order valence-electron chi connectivity index (χ1n) is 7.67. The van der Waals surface area contributed by atoms with Crippen LogP contribution in [0.2, 0.25) is 0 Å². The predicted molar refractivity (Wildman–Crippen MR) is 83.1 cm³/mol. The molecule has 0 unspecified atom stereocenters. The summed E-state index contributed by atoms with van der Waals surface area (Å²) < 4.78 is 11.0. The predicted octanol–water partition coefficient (Wildman–Crippen LogP) is 1.71. The maximum Gasteiger partial charge on any atom is 0.256 e. The molecule has 0 spiro atoms. The van der Waals surface area contributed by atoms with Gasteiger partial charge in [-0.1, -0.05) is 0 Å². The minimum absolute atomic E-state index is 0.0673. The van der Waals surface area contributed by atoms with Crippen molar-refractivity contribution in [3.05, 3.63) is 41.9 Å². The molecule has 1 aliphatic rings. The van der Waals surface area contributed by atoms with Crippen molar-refractivity contribution in [1.82, 2.24) is 20.5 Å². The Morgan fingerprint density at radius 3 is 3.17 bits per heavy atom. The summed E-state index contributed by atoms with van der Waals surface area (Å²) in [4.78, 5) is 16.4. The third kappa shape index (κ3) is 3.50. The maximum atomic E-state index is 12.4. The number of rotatable bonds is 5. The summed E-state index contributed by atoms with van der Waals surface area (Å²) in [5.74, 6) is 0.342. The van der Waals surface area contributed by atoms with E-state index >= 15 is 0 Å². The number of nitrogens with zero attached hydrogens (tertiary/aromatic N) is 2. The number of pyridine rings is 1. The van der Waals surface area contributed by atoms with Crippen LogP contribution in [0.15, 0.2) is 30.6 Å². The second kappa shape index (κ2) is 7.23. The highest BCUT2D eigenvalue weighted by Crippen LogP contribution is 2.32. The Labute approximate surface area is 134 Å². The van der Waals surface area contributed by atoms with Gasteiger partial charge in [0, 0.05) is 31.5 Å². The van der Waals surface area contributed by atoms with Crippen LogP contribution in [0.1, 0.15) is 35.0 Å². The molecular formula is C16H20N4O3. The summed E-state index contributed by atoms with van der Waals surface area (Å²) in [7, 11) is 1.50. The Morgan fingerprint density at radius 2 is 2.39 bits per heavy atom. The van der Waals surface area contributed by atoms with Crippen LogP contribution in [0.5, 0.6) is 5.88 Å². The minimum Gasteiger partial charge on any atom is -0.480 e. The Balaban J connectivity index is 1.65. The number of aromatic amines is 1. The highest BCUT2D eigenvalue weighted by Gasteiger charge is 2.29. The van der Waals surface area contributed by atoms with E-state index in [0.717, 1.165) is 25.1 Å². The molecule has 0 aliphatic carbocycles. The van der Waals surface area contributed by atoms with Gasteiger partial charge in [-0.3, -0.25) is 9.89 Å². The molecule has 0 saturated carbocycles. The molecule has 122 valence electrons. The zero-order chi connectivity index (χ0) is 16.1. The molecule has 2 aromatic rings. The number of hydrogen-bond donors (Lipinski definition) is 2. The summed E-state index contributed by atoms with van der Waals surface area (Å²) in [5, 5.41) is 9.90. The van der Waals surface area contributed by atoms with E-state index in [9.17, 15) is 4.79 Å². The molecule has 1 amide bonds. The van der Waals surface area contributed by atoms with Crippen LogP contribution in [0.4, 0.5) is 0 Å². The van der Waals surface area contributed by atoms with Crippen LogP contribution in [0, 0.1) is 5.92 Å². The molecule has 1 aliphatic heterocycles. The summed E-state index contributed by atoms with van der Waals surface area (Å²) in [6.45, 7) is 1.26. The van der Waals surface area contributed by atoms with Crippen LogP contribution in [-0.4, -0.2) is 41.3 Å². The number of methoxy groups -OCH3 is 1. The van der Waals surface area contributed by atoms with E-state index in [1.165, 1.54) is 7.11 Å². The van der Waals surface area contributed by atoms with Crippen LogP contribution < -0.4 is 10.1 Å². The zero-order valence-electron chi connectivity index (χ0n) is 13.0. The molecule has 0 bridgehead atoms. The molecule has 7 nitrogen and oxygen atoms in total. The standard InChI is InChI=1S/C16H20N4O3/c1-22-16-12(5-2-7-17-16)15(21)18-10-11-4-3-9-23-14(11)13-6-8-19-20-13/h2,5-8,11,14H,3-4,9-10H2,1H3,(H,18,21)(H,19,20)/t11-,14+/m0/s1. The van der Waals surface area contributed by atoms with Gasteiger partial charge in [-0.25, -0.2) is 4.98 Å². The lowest BCUT2D eigenvalue weighted by molar-refractivity contribution is -0.0297. The molecular weight excluding hydrogens is 296 g/mol. The van der Waals surface area contributed by atoms with Gasteiger partial charge in [0.1, 0.15) is 11.7 Å². The number of H-pyrrole nitrogens is 1. The van der Waals surface area contributed by atoms with Crippen molar-refractivity contribution in [2.75, 3.05) is 20.3 Å². The van der Waals surface area contributed by atoms with Crippen LogP contribution in [0.25, 0.3) is 0 Å². The van der Waals surface area contributed by atoms with Crippen LogP contribution >= 0.6 is 0 Å². The first-order chi connectivity index (χ1) is 11.3. The fourth-order valence-electron chi connectivity index (χ4n) is 2.87. The van der Waals surface area contributed by atoms with Gasteiger partial charge < -0.3 is 14.8 Å².